The van der Waals surface area contributed by atoms with Gasteiger partial charge in [0.2, 0.25) is 0 Å². The van der Waals surface area contributed by atoms with E-state index >= 15 is 0 Å². The number of quaternary nitrogens is 2. The Kier molecular flexibility index (Phi) is 22.5. The molecule has 2 aliphatic rings. The minimum atomic E-state index is -1.92. The van der Waals surface area contributed by atoms with Gasteiger partial charge < -0.3 is 52.5 Å². The number of fused-ring (bicyclic) bond motifs is 20. The van der Waals surface area contributed by atoms with Crippen LogP contribution in [0.1, 0.15) is 66.2 Å². The van der Waals surface area contributed by atoms with Gasteiger partial charge in [-0.3, -0.25) is 8.97 Å². The first kappa shape index (κ1) is 66.3. The maximum Gasteiger partial charge on any atom is 0.410 e. The van der Waals surface area contributed by atoms with Crippen molar-refractivity contribution in [3.8, 4) is 57.1 Å². The quantitative estimate of drug-likeness (QED) is 0.0341. The van der Waals surface area contributed by atoms with Crippen molar-refractivity contribution < 1.29 is 42.5 Å². The van der Waals surface area contributed by atoms with E-state index in [1.54, 1.807) is 0 Å². The molecule has 0 spiro atoms. The number of hydrogen-bond acceptors (Lipinski definition) is 10. The van der Waals surface area contributed by atoms with Crippen molar-refractivity contribution in [2.75, 3.05) is 55.5 Å². The second-order valence-corrected chi connectivity index (χ2v) is 33.9. The summed E-state index contributed by atoms with van der Waals surface area (Å²) in [6, 6.07) is 56.3. The smallest absolute Gasteiger partial charge is 0.410 e. The Morgan fingerprint density at radius 2 is 0.678 bits per heavy atom. The zero-order chi connectivity index (χ0) is 59.6. The standard InChI is InChI=1S/C36H66N2O4Si3.C32H18N8.2ClH/c1-11-25-44(26-12-2,29-17-23-39-35-21-15-19-33(31-35)37(5,6)7)41-43-42-45(27-13-3,28-14-4)30-18-24-40-36-22-16-20-34(32-36)38(8,9)10;1-2-10-18-17(9-1)25-33-26(18)38-28-21-13-5-6-14-22(21)30(35-28)40-32-24-16-8-7-15-23(24)31(36-32)39-29-20-12-4-3-11-19(20)27(34-29)37-25;;/h15-16,19-22,31-32H,11-14,17-18,23-30H2,1-10H3;1-16H,(H2,33,34,35,36,37,38,39,40);2*1H/q+2;;;/p-2. The molecule has 0 saturated carbocycles. The Labute approximate surface area is 530 Å². The van der Waals surface area contributed by atoms with Gasteiger partial charge in [0.05, 0.1) is 55.5 Å². The average molecular weight is 1260 g/mol. The number of hydrogen-bond donors (Lipinski definition) is 2. The molecule has 0 atom stereocenters. The van der Waals surface area contributed by atoms with Gasteiger partial charge in [0.1, 0.15) is 45.5 Å². The van der Waals surface area contributed by atoms with Gasteiger partial charge in [0, 0.05) is 55.9 Å². The lowest BCUT2D eigenvalue weighted by Crippen LogP contribution is -3.00. The van der Waals surface area contributed by atoms with E-state index in [0.29, 0.717) is 45.9 Å². The third-order valence-corrected chi connectivity index (χ3v) is 28.4. The van der Waals surface area contributed by atoms with E-state index in [-0.39, 0.29) is 34.8 Å². The van der Waals surface area contributed by atoms with Gasteiger partial charge in [-0.05, 0) is 73.4 Å². The summed E-state index contributed by atoms with van der Waals surface area (Å²) in [7, 11) is 9.45. The Balaban J connectivity index is 0.000000221. The van der Waals surface area contributed by atoms with Gasteiger partial charge in [-0.1, -0.05) is 163 Å². The molecule has 0 fully saturated rings. The van der Waals surface area contributed by atoms with Crippen molar-refractivity contribution >= 4 is 82.1 Å². The van der Waals surface area contributed by atoms with Crippen LogP contribution in [0.2, 0.25) is 36.3 Å². The van der Waals surface area contributed by atoms with Crippen molar-refractivity contribution in [1.82, 2.24) is 48.8 Å². The van der Waals surface area contributed by atoms with Crippen LogP contribution in [0.15, 0.2) is 146 Å². The summed E-state index contributed by atoms with van der Waals surface area (Å²) in [6.45, 7) is 10.7. The lowest BCUT2D eigenvalue weighted by molar-refractivity contribution is -0.00100. The molecule has 8 bridgehead atoms. The van der Waals surface area contributed by atoms with Crippen LogP contribution in [0.25, 0.3) is 89.7 Å². The summed E-state index contributed by atoms with van der Waals surface area (Å²) in [5, 5.41) is 3.82. The number of benzene rings is 6. The molecule has 19 heteroatoms. The highest BCUT2D eigenvalue weighted by atomic mass is 35.5. The highest BCUT2D eigenvalue weighted by Crippen LogP contribution is 2.38. The van der Waals surface area contributed by atoms with Crippen LogP contribution in [-0.4, -0.2) is 122 Å². The number of nitrogens with one attached hydrogen (secondary N) is 2. The molecule has 9 aromatic rings. The highest BCUT2D eigenvalue weighted by molar-refractivity contribution is 6.80. The molecule has 14 nitrogen and oxygen atoms in total. The summed E-state index contributed by atoms with van der Waals surface area (Å²) in [5.41, 5.74) is 8.95. The highest BCUT2D eigenvalue weighted by Gasteiger charge is 2.37. The monoisotopic (exact) mass is 1260 g/mol. The average Bonchev–Trinajstić information content (AvgIpc) is 1.68. The molecule has 0 unspecified atom stereocenters. The Bertz CT molecular complexity index is 3530. The zero-order valence-corrected chi connectivity index (χ0v) is 56.7. The largest absolute Gasteiger partial charge is 1.00 e. The number of aromatic amines is 2. The fraction of sp³-hybridized carbons (Fsp3) is 0.353. The molecule has 2 aliphatic heterocycles. The third kappa shape index (κ3) is 15.8. The molecule has 11 rings (SSSR count). The zero-order valence-electron chi connectivity index (χ0n) is 52.2. The van der Waals surface area contributed by atoms with Crippen molar-refractivity contribution in [3.63, 3.8) is 0 Å². The van der Waals surface area contributed by atoms with E-state index in [1.807, 2.05) is 97.1 Å². The van der Waals surface area contributed by atoms with Gasteiger partial charge >= 0.3 is 10.0 Å². The van der Waals surface area contributed by atoms with E-state index in [4.69, 9.17) is 47.6 Å². The molecule has 2 N–H and O–H groups in total. The maximum atomic E-state index is 6.98. The van der Waals surface area contributed by atoms with Crippen molar-refractivity contribution in [3.05, 3.63) is 146 Å². The lowest BCUT2D eigenvalue weighted by Gasteiger charge is -2.35. The summed E-state index contributed by atoms with van der Waals surface area (Å²) in [5.74, 6) is 4.31. The predicted octanol–water partition coefficient (Wildman–Crippen LogP) is 10.3. The number of aromatic nitrogens is 8. The van der Waals surface area contributed by atoms with Gasteiger partial charge in [-0.15, -0.1) is 0 Å². The SMILES string of the molecule is CCC[Si](CCC)(CCCOc1cccc([N+](C)(C)C)c1)O[Si]O[Si](CCC)(CCC)CCCOc1cccc([N+](C)(C)C)c1.[Cl-].[Cl-].c1ccc2c(c1)-c1nc-2nc2[nH]c(nc3nc(nc4[nH]c(n1)c1ccccc41)-c1ccccc1-3)c1ccccc21. The van der Waals surface area contributed by atoms with E-state index in [1.165, 1.54) is 61.2 Å². The molecular formula is C68H84Cl2N10O4Si3. The predicted molar refractivity (Wildman–Crippen MR) is 358 cm³/mol. The normalized spacial score (nSPS) is 12.2. The van der Waals surface area contributed by atoms with Gasteiger partial charge in [-0.2, -0.15) is 0 Å². The molecule has 2 radical (unpaired) electrons. The minimum absolute atomic E-state index is 0. The molecule has 6 aromatic carbocycles. The van der Waals surface area contributed by atoms with Crippen LogP contribution in [0.5, 0.6) is 11.5 Å². The number of ether oxygens (including phenoxy) is 2. The number of H-pyrrole nitrogens is 2. The van der Waals surface area contributed by atoms with Crippen LogP contribution in [0.3, 0.4) is 0 Å². The van der Waals surface area contributed by atoms with Crippen LogP contribution >= 0.6 is 0 Å². The van der Waals surface area contributed by atoms with E-state index in [2.05, 4.69) is 128 Å². The molecule has 0 saturated heterocycles. The Morgan fingerprint density at radius 3 is 0.966 bits per heavy atom. The van der Waals surface area contributed by atoms with E-state index < -0.39 is 16.6 Å². The van der Waals surface area contributed by atoms with E-state index in [9.17, 15) is 0 Å². The van der Waals surface area contributed by atoms with Gasteiger partial charge in [-0.25, -0.2) is 29.9 Å². The van der Waals surface area contributed by atoms with Gasteiger partial charge in [0.25, 0.3) is 0 Å². The molecular weight excluding hydrogens is 1180 g/mol. The second-order valence-electron chi connectivity index (χ2n) is 24.4. The molecule has 456 valence electrons. The van der Waals surface area contributed by atoms with Crippen LogP contribution < -0.4 is 43.3 Å². The molecule has 0 amide bonds. The van der Waals surface area contributed by atoms with Crippen LogP contribution in [0.4, 0.5) is 11.4 Å². The molecule has 87 heavy (non-hydrogen) atoms. The summed E-state index contributed by atoms with van der Waals surface area (Å²) in [4.78, 5) is 36.8. The number of rotatable bonds is 24. The maximum absolute atomic E-state index is 6.98. The number of nitrogens with zero attached hydrogens (tertiary/aromatic N) is 8. The van der Waals surface area contributed by atoms with Crippen LogP contribution in [-0.2, 0) is 8.23 Å². The lowest BCUT2D eigenvalue weighted by atomic mass is 10.1. The first-order valence-corrected chi connectivity index (χ1v) is 36.4. The second kappa shape index (κ2) is 29.6. The van der Waals surface area contributed by atoms with Crippen molar-refractivity contribution in [2.45, 2.75) is 102 Å². The van der Waals surface area contributed by atoms with Crippen LogP contribution in [0, 0.1) is 0 Å². The van der Waals surface area contributed by atoms with Crippen molar-refractivity contribution in [2.24, 2.45) is 0 Å². The Morgan fingerprint density at radius 1 is 0.379 bits per heavy atom. The van der Waals surface area contributed by atoms with E-state index in [0.717, 1.165) is 102 Å². The fourth-order valence-corrected chi connectivity index (χ4v) is 22.9. The first-order valence-electron chi connectivity index (χ1n) is 30.5. The molecule has 5 heterocycles. The molecule has 3 aromatic heterocycles. The summed E-state index contributed by atoms with van der Waals surface area (Å²) in [6.07, 6.45) is 6.74. The Hall–Kier alpha value is -6.65. The molecule has 0 aliphatic carbocycles. The fourth-order valence-electron chi connectivity index (χ4n) is 11.8. The first-order chi connectivity index (χ1) is 41.1. The summed E-state index contributed by atoms with van der Waals surface area (Å²) < 4.78 is 28.0. The number of halogens is 2. The third-order valence-electron chi connectivity index (χ3n) is 16.1. The van der Waals surface area contributed by atoms with Gasteiger partial charge in [0.15, 0.2) is 39.9 Å². The minimum Gasteiger partial charge on any atom is -1.00 e. The summed E-state index contributed by atoms with van der Waals surface area (Å²) >= 11 is 0. The van der Waals surface area contributed by atoms with Crippen molar-refractivity contribution in [1.29, 1.82) is 0 Å². The topological polar surface area (TPSA) is 146 Å².